The van der Waals surface area contributed by atoms with Crippen molar-refractivity contribution in [2.45, 2.75) is 25.7 Å². The van der Waals surface area contributed by atoms with Gasteiger partial charge in [0.05, 0.1) is 41.7 Å². The number of aromatic hydroxyl groups is 1. The van der Waals surface area contributed by atoms with Crippen LogP contribution in [0.2, 0.25) is 0 Å². The van der Waals surface area contributed by atoms with Crippen molar-refractivity contribution in [1.29, 1.82) is 0 Å². The molecule has 8 rings (SSSR count). The van der Waals surface area contributed by atoms with Crippen LogP contribution in [0.5, 0.6) is 11.5 Å². The van der Waals surface area contributed by atoms with Gasteiger partial charge in [-0.1, -0.05) is 64.0 Å². The lowest BCUT2D eigenvalue weighted by atomic mass is 9.51. The lowest BCUT2D eigenvalue weighted by molar-refractivity contribution is -0.131. The molecule has 1 saturated carbocycles. The number of halogens is 1. The number of phenolic OH excluding ortho intramolecular Hbond substituents is 1. The fourth-order valence-electron chi connectivity index (χ4n) is 8.79. The Hall–Kier alpha value is -5.22. The molecule has 9 nitrogen and oxygen atoms in total. The topological polar surface area (TPSA) is 116 Å². The fraction of sp³-hybridized carbons (Fsp3) is 0.250. The van der Waals surface area contributed by atoms with Gasteiger partial charge in [0.25, 0.3) is 0 Å². The number of amides is 4. The second-order valence-electron chi connectivity index (χ2n) is 13.6. The Labute approximate surface area is 297 Å². The van der Waals surface area contributed by atoms with Gasteiger partial charge in [-0.2, -0.15) is 0 Å². The first-order valence-electron chi connectivity index (χ1n) is 16.6. The number of rotatable bonds is 6. The van der Waals surface area contributed by atoms with E-state index in [0.717, 1.165) is 16.9 Å². The number of carbonyl (C=O) groups is 4. The average molecular weight is 733 g/mol. The van der Waals surface area contributed by atoms with Gasteiger partial charge in [0.2, 0.25) is 23.6 Å². The van der Waals surface area contributed by atoms with Gasteiger partial charge in [0, 0.05) is 27.3 Å². The highest BCUT2D eigenvalue weighted by Gasteiger charge is 2.68. The molecule has 0 radical (unpaired) electrons. The van der Waals surface area contributed by atoms with Gasteiger partial charge in [0.1, 0.15) is 0 Å². The van der Waals surface area contributed by atoms with Gasteiger partial charge in [-0.05, 0) is 86.3 Å². The SMILES string of the molecule is COc1cc(Br)cc([C@H]2C3=CC[C@@H]4C(=O)N(c5ccc(Nc6ccccc6)cc5)C(=O)[C@@H]4[C@@H]3C[C@H]3C(=O)N(c4ccccc4)C(=O)[C@@]23C)c1O. The van der Waals surface area contributed by atoms with Crippen LogP contribution in [0.3, 0.4) is 0 Å². The summed E-state index contributed by atoms with van der Waals surface area (Å²) in [4.78, 5) is 60.1. The van der Waals surface area contributed by atoms with E-state index in [2.05, 4.69) is 21.2 Å². The van der Waals surface area contributed by atoms with E-state index in [0.29, 0.717) is 27.8 Å². The van der Waals surface area contributed by atoms with Crippen molar-refractivity contribution in [3.8, 4) is 11.5 Å². The van der Waals surface area contributed by atoms with Gasteiger partial charge < -0.3 is 15.2 Å². The zero-order valence-electron chi connectivity index (χ0n) is 27.4. The maximum absolute atomic E-state index is 14.6. The zero-order chi connectivity index (χ0) is 34.9. The Kier molecular flexibility index (Phi) is 7.67. The number of nitrogens with one attached hydrogen (secondary N) is 1. The van der Waals surface area contributed by atoms with Crippen LogP contribution in [0.4, 0.5) is 22.7 Å². The molecule has 0 spiro atoms. The van der Waals surface area contributed by atoms with Crippen LogP contribution in [0.1, 0.15) is 31.2 Å². The largest absolute Gasteiger partial charge is 0.504 e. The minimum Gasteiger partial charge on any atom is -0.504 e. The summed E-state index contributed by atoms with van der Waals surface area (Å²) in [5.41, 5.74) is 2.57. The average Bonchev–Trinajstić information content (AvgIpc) is 3.49. The molecule has 0 aromatic heterocycles. The van der Waals surface area contributed by atoms with E-state index in [4.69, 9.17) is 4.74 Å². The van der Waals surface area contributed by atoms with Crippen LogP contribution in [0, 0.1) is 29.1 Å². The van der Waals surface area contributed by atoms with Crippen molar-refractivity contribution >= 4 is 62.3 Å². The highest BCUT2D eigenvalue weighted by atomic mass is 79.9. The van der Waals surface area contributed by atoms with E-state index < -0.39 is 35.0 Å². The number of carbonyl (C=O) groups excluding carboxylic acids is 4. The zero-order valence-corrected chi connectivity index (χ0v) is 29.0. The summed E-state index contributed by atoms with van der Waals surface area (Å²) in [7, 11) is 1.45. The molecule has 4 aromatic rings. The predicted molar refractivity (Wildman–Crippen MR) is 192 cm³/mol. The van der Waals surface area contributed by atoms with Gasteiger partial charge in [0.15, 0.2) is 11.5 Å². The number of fused-ring (bicyclic) bond motifs is 4. The number of benzene rings is 4. The quantitative estimate of drug-likeness (QED) is 0.158. The summed E-state index contributed by atoms with van der Waals surface area (Å²) < 4.78 is 6.13. The monoisotopic (exact) mass is 731 g/mol. The first kappa shape index (κ1) is 32.0. The van der Waals surface area contributed by atoms with Gasteiger partial charge in [-0.15, -0.1) is 0 Å². The van der Waals surface area contributed by atoms with Crippen LogP contribution < -0.4 is 19.9 Å². The molecule has 4 amide bonds. The summed E-state index contributed by atoms with van der Waals surface area (Å²) in [6.07, 6.45) is 2.47. The van der Waals surface area contributed by atoms with Crippen molar-refractivity contribution in [1.82, 2.24) is 0 Å². The first-order valence-corrected chi connectivity index (χ1v) is 17.4. The first-order chi connectivity index (χ1) is 24.1. The molecular weight excluding hydrogens is 698 g/mol. The molecule has 252 valence electrons. The van der Waals surface area contributed by atoms with Gasteiger partial charge >= 0.3 is 0 Å². The molecule has 6 atom stereocenters. The van der Waals surface area contributed by atoms with Crippen molar-refractivity contribution in [3.05, 3.63) is 119 Å². The second kappa shape index (κ2) is 12.0. The summed E-state index contributed by atoms with van der Waals surface area (Å²) >= 11 is 3.55. The van der Waals surface area contributed by atoms with E-state index in [-0.39, 0.29) is 41.5 Å². The maximum Gasteiger partial charge on any atom is 0.241 e. The number of phenols is 1. The molecule has 0 unspecified atom stereocenters. The molecule has 50 heavy (non-hydrogen) atoms. The molecule has 10 heteroatoms. The van der Waals surface area contributed by atoms with Crippen LogP contribution in [0.15, 0.2) is 113 Å². The third kappa shape index (κ3) is 4.72. The Bertz CT molecular complexity index is 2090. The maximum atomic E-state index is 14.6. The van der Waals surface area contributed by atoms with E-state index >= 15 is 0 Å². The van der Waals surface area contributed by atoms with Crippen molar-refractivity contribution in [3.63, 3.8) is 0 Å². The molecule has 3 fully saturated rings. The minimum absolute atomic E-state index is 0.137. The molecule has 0 bridgehead atoms. The third-order valence-corrected chi connectivity index (χ3v) is 11.5. The van der Waals surface area contributed by atoms with E-state index in [1.807, 2.05) is 54.6 Å². The van der Waals surface area contributed by atoms with E-state index in [1.54, 1.807) is 55.5 Å². The van der Waals surface area contributed by atoms with E-state index in [9.17, 15) is 24.3 Å². The lowest BCUT2D eigenvalue weighted by Crippen LogP contribution is -2.49. The lowest BCUT2D eigenvalue weighted by Gasteiger charge is -2.49. The number of hydrogen-bond acceptors (Lipinski definition) is 7. The molecular formula is C40H34BrN3O6. The van der Waals surface area contributed by atoms with Crippen LogP contribution in [0.25, 0.3) is 0 Å². The Morgan fingerprint density at radius 2 is 1.44 bits per heavy atom. The normalized spacial score (nSPS) is 27.1. The summed E-state index contributed by atoms with van der Waals surface area (Å²) in [5, 5.41) is 14.9. The third-order valence-electron chi connectivity index (χ3n) is 11.1. The predicted octanol–water partition coefficient (Wildman–Crippen LogP) is 7.34. The second-order valence-corrected chi connectivity index (χ2v) is 14.5. The van der Waals surface area contributed by atoms with E-state index in [1.165, 1.54) is 16.9 Å². The number of allylic oxidation sites excluding steroid dienone is 2. The van der Waals surface area contributed by atoms with Crippen LogP contribution in [-0.2, 0) is 19.2 Å². The number of anilines is 4. The standard InChI is InChI=1S/C40H34BrN3O6/c1-40-31(37(47)44(39(40)49)25-11-7-4-8-12-25)21-29-27(34(40)30-19-22(41)20-32(50-2)35(30)45)17-18-28-33(29)38(48)43(36(28)46)26-15-13-24(14-16-26)42-23-9-5-3-6-10-23/h3-17,19-20,28-29,31,33-34,42,45H,18,21H2,1-2H3/t28-,29+,31-,33-,34+,40+/m0/s1. The van der Waals surface area contributed by atoms with Crippen molar-refractivity contribution in [2.24, 2.45) is 29.1 Å². The molecule has 4 aromatic carbocycles. The highest BCUT2D eigenvalue weighted by Crippen LogP contribution is 2.65. The summed E-state index contributed by atoms with van der Waals surface area (Å²) in [5.74, 6) is -4.72. The highest BCUT2D eigenvalue weighted by molar-refractivity contribution is 9.10. The molecule has 2 saturated heterocycles. The number of imide groups is 2. The Balaban J connectivity index is 1.20. The molecule has 2 aliphatic heterocycles. The van der Waals surface area contributed by atoms with Gasteiger partial charge in [-0.25, -0.2) is 4.90 Å². The summed E-state index contributed by atoms with van der Waals surface area (Å²) in [6.45, 7) is 1.79. The number of nitrogens with zero attached hydrogens (tertiary/aromatic N) is 2. The number of para-hydroxylation sites is 2. The smallest absolute Gasteiger partial charge is 0.241 e. The number of ether oxygens (including phenoxy) is 1. The summed E-state index contributed by atoms with van der Waals surface area (Å²) in [6, 6.07) is 29.1. The molecule has 4 aliphatic rings. The molecule has 2 heterocycles. The molecule has 2 aliphatic carbocycles. The molecule has 2 N–H and O–H groups in total. The number of hydrogen-bond donors (Lipinski definition) is 2. The number of methoxy groups -OCH3 is 1. The van der Waals surface area contributed by atoms with Gasteiger partial charge in [-0.3, -0.25) is 24.1 Å². The fourth-order valence-corrected chi connectivity index (χ4v) is 9.24. The van der Waals surface area contributed by atoms with Crippen LogP contribution in [-0.4, -0.2) is 35.8 Å². The van der Waals surface area contributed by atoms with Crippen molar-refractivity contribution < 1.29 is 29.0 Å². The Morgan fingerprint density at radius 3 is 2.12 bits per heavy atom. The minimum atomic E-state index is -1.29. The van der Waals surface area contributed by atoms with Crippen molar-refractivity contribution in [2.75, 3.05) is 22.2 Å². The van der Waals surface area contributed by atoms with Crippen LogP contribution >= 0.6 is 15.9 Å². The Morgan fingerprint density at radius 1 is 0.800 bits per heavy atom.